The highest BCUT2D eigenvalue weighted by Gasteiger charge is 2.42. The van der Waals surface area contributed by atoms with Crippen LogP contribution in [0, 0.1) is 19.8 Å². The minimum Gasteiger partial charge on any atom is -0.497 e. The number of methoxy groups -OCH3 is 1. The van der Waals surface area contributed by atoms with Gasteiger partial charge in [-0.3, -0.25) is 9.78 Å². The molecular formula is C31H32ClN5O2S. The zero-order valence-corrected chi connectivity index (χ0v) is 24.7. The monoisotopic (exact) mass is 573 g/mol. The Hall–Kier alpha value is -3.88. The van der Waals surface area contributed by atoms with Gasteiger partial charge in [-0.05, 0) is 92.3 Å². The van der Waals surface area contributed by atoms with Crippen LogP contribution in [0.2, 0.25) is 5.02 Å². The summed E-state index contributed by atoms with van der Waals surface area (Å²) in [5.41, 5.74) is 6.63. The van der Waals surface area contributed by atoms with Crippen molar-refractivity contribution in [3.8, 4) is 11.4 Å². The lowest BCUT2D eigenvalue weighted by atomic mass is 9.96. The van der Waals surface area contributed by atoms with Gasteiger partial charge in [0.1, 0.15) is 5.75 Å². The van der Waals surface area contributed by atoms with Crippen LogP contribution >= 0.6 is 23.8 Å². The van der Waals surface area contributed by atoms with E-state index in [9.17, 15) is 4.79 Å². The standard InChI is InChI=1S/C31H32ClN5O2S/c1-18(2)30(38)34-26-14-11-22(17-25(26)32)37-29(28(35-31(37)40)27-8-6-7-15-33-27)24-16-19(3)36(20(24)4)21-9-12-23(39-5)13-10-21/h6-18,28-29H,1-5H3,(H,34,38)(H,35,40). The highest BCUT2D eigenvalue weighted by Crippen LogP contribution is 2.44. The third-order valence-electron chi connectivity index (χ3n) is 7.23. The van der Waals surface area contributed by atoms with Gasteiger partial charge in [0.15, 0.2) is 5.11 Å². The van der Waals surface area contributed by atoms with Crippen LogP contribution in [-0.4, -0.2) is 27.7 Å². The molecule has 2 atom stereocenters. The Morgan fingerprint density at radius 1 is 1.07 bits per heavy atom. The first-order chi connectivity index (χ1) is 19.2. The molecule has 1 amide bonds. The predicted molar refractivity (Wildman–Crippen MR) is 165 cm³/mol. The number of carbonyl (C=O) groups is 1. The Bertz CT molecular complexity index is 1550. The average molecular weight is 574 g/mol. The fourth-order valence-electron chi connectivity index (χ4n) is 5.20. The maximum atomic E-state index is 12.3. The van der Waals surface area contributed by atoms with Gasteiger partial charge in [0, 0.05) is 34.9 Å². The minimum atomic E-state index is -0.201. The maximum Gasteiger partial charge on any atom is 0.226 e. The van der Waals surface area contributed by atoms with E-state index in [1.165, 1.54) is 0 Å². The van der Waals surface area contributed by atoms with Crippen LogP contribution in [0.25, 0.3) is 5.69 Å². The Balaban J connectivity index is 1.60. The van der Waals surface area contributed by atoms with E-state index in [1.54, 1.807) is 13.3 Å². The summed E-state index contributed by atoms with van der Waals surface area (Å²) in [5.74, 6) is 0.561. The lowest BCUT2D eigenvalue weighted by molar-refractivity contribution is -0.118. The van der Waals surface area contributed by atoms with E-state index in [4.69, 9.17) is 28.6 Å². The molecule has 5 rings (SSSR count). The predicted octanol–water partition coefficient (Wildman–Crippen LogP) is 6.92. The minimum absolute atomic E-state index is 0.0907. The second-order valence-corrected chi connectivity index (χ2v) is 11.0. The molecule has 0 spiro atoms. The summed E-state index contributed by atoms with van der Waals surface area (Å²) in [4.78, 5) is 19.1. The number of nitrogens with zero attached hydrogens (tertiary/aromatic N) is 3. The van der Waals surface area contributed by atoms with Crippen molar-refractivity contribution in [1.29, 1.82) is 0 Å². The molecule has 0 saturated carbocycles. The van der Waals surface area contributed by atoms with Crippen molar-refractivity contribution in [1.82, 2.24) is 14.9 Å². The topological polar surface area (TPSA) is 71.4 Å². The van der Waals surface area contributed by atoms with Crippen LogP contribution in [0.15, 0.2) is 72.9 Å². The summed E-state index contributed by atoms with van der Waals surface area (Å²) < 4.78 is 7.60. The Kier molecular flexibility index (Phi) is 7.83. The summed E-state index contributed by atoms with van der Waals surface area (Å²) in [5, 5.41) is 7.43. The summed E-state index contributed by atoms with van der Waals surface area (Å²) in [7, 11) is 1.67. The number of nitrogens with one attached hydrogen (secondary N) is 2. The summed E-state index contributed by atoms with van der Waals surface area (Å²) >= 11 is 12.6. The van der Waals surface area contributed by atoms with Crippen LogP contribution in [-0.2, 0) is 4.79 Å². The van der Waals surface area contributed by atoms with Crippen molar-refractivity contribution in [3.05, 3.63) is 101 Å². The average Bonchev–Trinajstić information content (AvgIpc) is 3.44. The number of ether oxygens (including phenoxy) is 1. The number of rotatable bonds is 7. The maximum absolute atomic E-state index is 12.3. The molecular weight excluding hydrogens is 542 g/mol. The highest BCUT2D eigenvalue weighted by atomic mass is 35.5. The van der Waals surface area contributed by atoms with E-state index >= 15 is 0 Å². The van der Waals surface area contributed by atoms with Gasteiger partial charge in [-0.25, -0.2) is 0 Å². The first-order valence-electron chi connectivity index (χ1n) is 13.1. The van der Waals surface area contributed by atoms with Gasteiger partial charge in [-0.15, -0.1) is 0 Å². The van der Waals surface area contributed by atoms with Gasteiger partial charge in [0.05, 0.1) is 35.6 Å². The van der Waals surface area contributed by atoms with Gasteiger partial charge in [-0.2, -0.15) is 0 Å². The first-order valence-corrected chi connectivity index (χ1v) is 13.9. The van der Waals surface area contributed by atoms with Gasteiger partial charge in [-0.1, -0.05) is 31.5 Å². The fourth-order valence-corrected chi connectivity index (χ4v) is 5.76. The van der Waals surface area contributed by atoms with Crippen molar-refractivity contribution in [2.75, 3.05) is 17.3 Å². The number of carbonyl (C=O) groups excluding carboxylic acids is 1. The molecule has 3 heterocycles. The van der Waals surface area contributed by atoms with Crippen molar-refractivity contribution in [2.45, 2.75) is 39.8 Å². The molecule has 4 aromatic rings. The van der Waals surface area contributed by atoms with E-state index in [1.807, 2.05) is 62.4 Å². The SMILES string of the molecule is COc1ccc(-n2c(C)cc(C3C(c4ccccn4)NC(=S)N3c3ccc(NC(=O)C(C)C)c(Cl)c3)c2C)cc1. The number of thiocarbonyl (C=S) groups is 1. The van der Waals surface area contributed by atoms with Gasteiger partial charge >= 0.3 is 0 Å². The third kappa shape index (κ3) is 5.17. The number of anilines is 2. The summed E-state index contributed by atoms with van der Waals surface area (Å²) in [6.07, 6.45) is 1.80. The molecule has 7 nitrogen and oxygen atoms in total. The molecule has 1 aliphatic rings. The van der Waals surface area contributed by atoms with Crippen LogP contribution in [0.3, 0.4) is 0 Å². The molecule has 2 aromatic heterocycles. The van der Waals surface area contributed by atoms with Crippen LogP contribution in [0.4, 0.5) is 11.4 Å². The number of aromatic nitrogens is 2. The Morgan fingerprint density at radius 3 is 2.42 bits per heavy atom. The number of benzene rings is 2. The van der Waals surface area contributed by atoms with Crippen LogP contribution in [0.5, 0.6) is 5.75 Å². The lowest BCUT2D eigenvalue weighted by Gasteiger charge is -2.28. The Morgan fingerprint density at radius 2 is 1.80 bits per heavy atom. The molecule has 9 heteroatoms. The van der Waals surface area contributed by atoms with Crippen molar-refractivity contribution >= 4 is 46.2 Å². The van der Waals surface area contributed by atoms with E-state index in [2.05, 4.69) is 57.1 Å². The van der Waals surface area contributed by atoms with E-state index in [-0.39, 0.29) is 23.9 Å². The number of halogens is 1. The normalized spacial score (nSPS) is 16.8. The van der Waals surface area contributed by atoms with Crippen molar-refractivity contribution < 1.29 is 9.53 Å². The number of hydrogen-bond donors (Lipinski definition) is 2. The number of aryl methyl sites for hydroxylation is 1. The largest absolute Gasteiger partial charge is 0.497 e. The van der Waals surface area contributed by atoms with E-state index < -0.39 is 0 Å². The molecule has 1 saturated heterocycles. The molecule has 40 heavy (non-hydrogen) atoms. The molecule has 0 bridgehead atoms. The van der Waals surface area contributed by atoms with Crippen molar-refractivity contribution in [2.24, 2.45) is 5.92 Å². The molecule has 1 fully saturated rings. The highest BCUT2D eigenvalue weighted by molar-refractivity contribution is 7.80. The summed E-state index contributed by atoms with van der Waals surface area (Å²) in [6.45, 7) is 7.91. The van der Waals surface area contributed by atoms with E-state index in [0.717, 1.165) is 39.8 Å². The molecule has 1 aliphatic heterocycles. The molecule has 2 N–H and O–H groups in total. The van der Waals surface area contributed by atoms with E-state index in [0.29, 0.717) is 15.8 Å². The third-order valence-corrected chi connectivity index (χ3v) is 7.86. The van der Waals surface area contributed by atoms with Gasteiger partial charge in [0.2, 0.25) is 5.91 Å². The summed E-state index contributed by atoms with van der Waals surface area (Å²) in [6, 6.07) is 21.4. The molecule has 2 aromatic carbocycles. The van der Waals surface area contributed by atoms with Crippen LogP contribution < -0.4 is 20.3 Å². The number of hydrogen-bond acceptors (Lipinski definition) is 4. The zero-order valence-electron chi connectivity index (χ0n) is 23.1. The zero-order chi connectivity index (χ0) is 28.6. The Labute approximate surface area is 245 Å². The number of amides is 1. The van der Waals surface area contributed by atoms with Crippen molar-refractivity contribution in [3.63, 3.8) is 0 Å². The quantitative estimate of drug-likeness (QED) is 0.234. The van der Waals surface area contributed by atoms with Gasteiger partial charge in [0.25, 0.3) is 0 Å². The van der Waals surface area contributed by atoms with Crippen LogP contribution in [0.1, 0.15) is 48.6 Å². The molecule has 206 valence electrons. The second-order valence-electron chi connectivity index (χ2n) is 10.2. The molecule has 2 unspecified atom stereocenters. The number of pyridine rings is 1. The second kappa shape index (κ2) is 11.3. The van der Waals surface area contributed by atoms with Gasteiger partial charge < -0.3 is 24.8 Å². The molecule has 0 radical (unpaired) electrons. The smallest absolute Gasteiger partial charge is 0.226 e. The fraction of sp³-hybridized carbons (Fsp3) is 0.258. The lowest BCUT2D eigenvalue weighted by Crippen LogP contribution is -2.29. The molecule has 0 aliphatic carbocycles. The first kappa shape index (κ1) is 27.7.